The number of benzene rings is 6. The standard InChI is InChI=1S/2C26H25N3O4/c1-26(2)21(30)14-18-23-22(16-5-3-4-6-17(16)24(18)33-26)28-20-13-15(7-8-19(20)27-23)25(31)29-9-11-32-12-10-29;1-26(2)21(30)14-18-23-22(16-5-3-4-6-17(16)24(18)33-26)27-19-8-7-15(13-20(19)28-23)25(31)29-9-11-32-12-10-29/h2*3-8,13,21,30H,9-12,14H2,1-2H3. The largest absolute Gasteiger partial charge is 0.484 e. The molecule has 2 unspecified atom stereocenters. The van der Waals surface area contributed by atoms with E-state index in [1.165, 1.54) is 0 Å². The number of ether oxygens (including phenoxy) is 4. The van der Waals surface area contributed by atoms with E-state index in [4.69, 9.17) is 38.9 Å². The molecule has 0 spiro atoms. The molecule has 4 aliphatic rings. The molecule has 0 saturated carbocycles. The Kier molecular flexibility index (Phi) is 10.3. The third kappa shape index (κ3) is 7.19. The second-order valence-electron chi connectivity index (χ2n) is 18.6. The van der Waals surface area contributed by atoms with E-state index in [2.05, 4.69) is 0 Å². The van der Waals surface area contributed by atoms with Gasteiger partial charge in [-0.25, -0.2) is 19.9 Å². The van der Waals surface area contributed by atoms with Crippen molar-refractivity contribution in [3.63, 3.8) is 0 Å². The van der Waals surface area contributed by atoms with Gasteiger partial charge in [0.05, 0.1) is 82.8 Å². The fraction of sp³-hybridized carbons (Fsp3) is 0.346. The van der Waals surface area contributed by atoms with E-state index in [0.29, 0.717) is 98.6 Å². The van der Waals surface area contributed by atoms with Gasteiger partial charge in [-0.3, -0.25) is 9.59 Å². The Labute approximate surface area is 380 Å². The maximum atomic E-state index is 13.0. The molecule has 2 N–H and O–H groups in total. The topological polar surface area (TPSA) is 170 Å². The van der Waals surface area contributed by atoms with Crippen LogP contribution in [0.5, 0.6) is 11.5 Å². The van der Waals surface area contributed by atoms with Gasteiger partial charge in [-0.2, -0.15) is 0 Å². The van der Waals surface area contributed by atoms with Gasteiger partial charge in [0.25, 0.3) is 11.8 Å². The number of fused-ring (bicyclic) bond motifs is 14. The number of aromatic nitrogens is 4. The van der Waals surface area contributed by atoms with E-state index >= 15 is 0 Å². The van der Waals surface area contributed by atoms with Gasteiger partial charge in [0.15, 0.2) is 0 Å². The first-order valence-electron chi connectivity index (χ1n) is 22.6. The Balaban J connectivity index is 0.000000146. The lowest BCUT2D eigenvalue weighted by atomic mass is 9.88. The third-order valence-electron chi connectivity index (χ3n) is 13.5. The first-order valence-corrected chi connectivity index (χ1v) is 22.6. The molecule has 6 aromatic carbocycles. The van der Waals surface area contributed by atoms with E-state index in [-0.39, 0.29) is 11.8 Å². The number of rotatable bonds is 2. The Bertz CT molecular complexity index is 3290. The number of carbonyl (C=O) groups excluding carboxylic acids is 2. The number of hydrogen-bond acceptors (Lipinski definition) is 12. The van der Waals surface area contributed by atoms with Gasteiger partial charge in [0.1, 0.15) is 22.7 Å². The minimum Gasteiger partial charge on any atom is -0.484 e. The van der Waals surface area contributed by atoms with Crippen LogP contribution in [0.25, 0.3) is 65.7 Å². The number of aliphatic hydroxyl groups excluding tert-OH is 2. The lowest BCUT2D eigenvalue weighted by Gasteiger charge is -2.38. The zero-order valence-corrected chi connectivity index (χ0v) is 37.3. The number of hydrogen-bond donors (Lipinski definition) is 2. The van der Waals surface area contributed by atoms with Crippen molar-refractivity contribution in [3.8, 4) is 11.5 Å². The van der Waals surface area contributed by atoms with Crippen LogP contribution >= 0.6 is 0 Å². The van der Waals surface area contributed by atoms with Crippen LogP contribution in [0, 0.1) is 0 Å². The predicted octanol–water partition coefficient (Wildman–Crippen LogP) is 6.97. The zero-order chi connectivity index (χ0) is 45.5. The predicted molar refractivity (Wildman–Crippen MR) is 251 cm³/mol. The molecule has 336 valence electrons. The maximum Gasteiger partial charge on any atom is 0.254 e. The molecule has 12 rings (SSSR count). The van der Waals surface area contributed by atoms with E-state index in [1.54, 1.807) is 4.90 Å². The molecule has 8 aromatic rings. The second-order valence-corrected chi connectivity index (χ2v) is 18.6. The lowest BCUT2D eigenvalue weighted by molar-refractivity contribution is -0.0396. The van der Waals surface area contributed by atoms with E-state index in [0.717, 1.165) is 66.2 Å². The maximum absolute atomic E-state index is 13.0. The Hall–Kier alpha value is -6.58. The zero-order valence-electron chi connectivity index (χ0n) is 37.3. The summed E-state index contributed by atoms with van der Waals surface area (Å²) in [5, 5.41) is 25.3. The van der Waals surface area contributed by atoms with Gasteiger partial charge in [-0.05, 0) is 64.1 Å². The van der Waals surface area contributed by atoms with Crippen molar-refractivity contribution in [2.24, 2.45) is 0 Å². The van der Waals surface area contributed by atoms with Gasteiger partial charge in [-0.1, -0.05) is 48.5 Å². The molecule has 0 aliphatic carbocycles. The molecule has 2 fully saturated rings. The highest BCUT2D eigenvalue weighted by molar-refractivity contribution is 6.12. The second kappa shape index (κ2) is 16.1. The molecular formula is C52H50N6O8. The number of morpholine rings is 2. The molecule has 4 aliphatic heterocycles. The molecule has 2 amide bonds. The van der Waals surface area contributed by atoms with Crippen LogP contribution in [0.4, 0.5) is 0 Å². The van der Waals surface area contributed by atoms with Crippen LogP contribution in [0.3, 0.4) is 0 Å². The van der Waals surface area contributed by atoms with Gasteiger partial charge in [0.2, 0.25) is 0 Å². The summed E-state index contributed by atoms with van der Waals surface area (Å²) < 4.78 is 23.4. The van der Waals surface area contributed by atoms with Gasteiger partial charge < -0.3 is 39.0 Å². The first kappa shape index (κ1) is 42.1. The highest BCUT2D eigenvalue weighted by Gasteiger charge is 2.40. The summed E-state index contributed by atoms with van der Waals surface area (Å²) >= 11 is 0. The SMILES string of the molecule is CC1(C)Oc2c(c3nc4cc(C(=O)N5CCOCC5)ccc4nc3c3ccccc23)CC1O.CC1(C)Oc2c(c3nc4ccc(C(=O)N5CCOCC5)cc4nc3c3ccccc23)CC1O. The molecule has 2 saturated heterocycles. The lowest BCUT2D eigenvalue weighted by Crippen LogP contribution is -2.46. The smallest absolute Gasteiger partial charge is 0.254 e. The monoisotopic (exact) mass is 886 g/mol. The van der Waals surface area contributed by atoms with Gasteiger partial charge >= 0.3 is 0 Å². The first-order chi connectivity index (χ1) is 31.8. The Morgan fingerprint density at radius 3 is 1.30 bits per heavy atom. The van der Waals surface area contributed by atoms with Crippen LogP contribution in [0.2, 0.25) is 0 Å². The van der Waals surface area contributed by atoms with Crippen LogP contribution < -0.4 is 9.47 Å². The van der Waals surface area contributed by atoms with Crippen LogP contribution in [-0.2, 0) is 22.3 Å². The average Bonchev–Trinajstić information content (AvgIpc) is 3.34. The van der Waals surface area contributed by atoms with Crippen molar-refractivity contribution in [1.82, 2.24) is 29.7 Å². The van der Waals surface area contributed by atoms with E-state index < -0.39 is 23.4 Å². The summed E-state index contributed by atoms with van der Waals surface area (Å²) in [7, 11) is 0. The quantitative estimate of drug-likeness (QED) is 0.135. The summed E-state index contributed by atoms with van der Waals surface area (Å²) in [6.45, 7) is 12.2. The Morgan fingerprint density at radius 2 is 0.879 bits per heavy atom. The molecule has 14 heteroatoms. The van der Waals surface area contributed by atoms with Gasteiger partial charge in [0, 0.05) is 82.8 Å². The van der Waals surface area contributed by atoms with Crippen molar-refractivity contribution in [2.75, 3.05) is 52.6 Å². The summed E-state index contributed by atoms with van der Waals surface area (Å²) in [5.41, 5.74) is 7.25. The summed E-state index contributed by atoms with van der Waals surface area (Å²) in [5.74, 6) is 1.48. The summed E-state index contributed by atoms with van der Waals surface area (Å²) in [6.07, 6.45) is -0.449. The number of amides is 2. The summed E-state index contributed by atoms with van der Waals surface area (Å²) in [4.78, 5) is 49.4. The molecule has 0 bridgehead atoms. The van der Waals surface area contributed by atoms with E-state index in [9.17, 15) is 19.8 Å². The molecule has 6 heterocycles. The van der Waals surface area contributed by atoms with Crippen LogP contribution in [0.15, 0.2) is 84.9 Å². The van der Waals surface area contributed by atoms with Crippen molar-refractivity contribution in [3.05, 3.63) is 107 Å². The molecule has 14 nitrogen and oxygen atoms in total. The number of carbonyl (C=O) groups is 2. The highest BCUT2D eigenvalue weighted by Crippen LogP contribution is 2.45. The van der Waals surface area contributed by atoms with E-state index in [1.807, 2.05) is 118 Å². The number of aliphatic hydroxyl groups is 2. The molecule has 2 aromatic heterocycles. The normalized spacial score (nSPS) is 20.1. The summed E-state index contributed by atoms with van der Waals surface area (Å²) in [6, 6.07) is 27.0. The van der Waals surface area contributed by atoms with Crippen LogP contribution in [0.1, 0.15) is 59.5 Å². The van der Waals surface area contributed by atoms with Crippen molar-refractivity contribution >= 4 is 77.5 Å². The minimum atomic E-state index is -0.703. The van der Waals surface area contributed by atoms with Crippen molar-refractivity contribution in [2.45, 2.75) is 63.9 Å². The highest BCUT2D eigenvalue weighted by atomic mass is 16.5. The molecule has 0 radical (unpaired) electrons. The Morgan fingerprint density at radius 1 is 0.515 bits per heavy atom. The molecule has 2 atom stereocenters. The molecule has 66 heavy (non-hydrogen) atoms. The average molecular weight is 887 g/mol. The van der Waals surface area contributed by atoms with Gasteiger partial charge in [-0.15, -0.1) is 0 Å². The fourth-order valence-corrected chi connectivity index (χ4v) is 9.54. The van der Waals surface area contributed by atoms with Crippen molar-refractivity contribution in [1.29, 1.82) is 0 Å². The third-order valence-corrected chi connectivity index (χ3v) is 13.5. The van der Waals surface area contributed by atoms with Crippen molar-refractivity contribution < 1.29 is 38.7 Å². The van der Waals surface area contributed by atoms with Crippen LogP contribution in [-0.4, -0.2) is 128 Å². The number of nitrogens with zero attached hydrogens (tertiary/aromatic N) is 6. The fourth-order valence-electron chi connectivity index (χ4n) is 9.54. The molecular weight excluding hydrogens is 837 g/mol. The minimum absolute atomic E-state index is 0.0175.